The zero-order valence-corrected chi connectivity index (χ0v) is 8.53. The number of halogens is 1. The van der Waals surface area contributed by atoms with Gasteiger partial charge in [0.25, 0.3) is 0 Å². The molecule has 1 aromatic rings. The van der Waals surface area contributed by atoms with Crippen LogP contribution in [0.1, 0.15) is 23.6 Å². The van der Waals surface area contributed by atoms with Crippen molar-refractivity contribution in [2.24, 2.45) is 5.11 Å². The van der Waals surface area contributed by atoms with E-state index in [0.717, 1.165) is 17.3 Å². The van der Waals surface area contributed by atoms with Crippen LogP contribution in [-0.2, 0) is 6.42 Å². The van der Waals surface area contributed by atoms with Gasteiger partial charge in [-0.2, -0.15) is 0 Å². The van der Waals surface area contributed by atoms with Gasteiger partial charge in [-0.05, 0) is 35.6 Å². The van der Waals surface area contributed by atoms with Crippen LogP contribution in [0.5, 0.6) is 0 Å². The second-order valence-electron chi connectivity index (χ2n) is 3.07. The minimum atomic E-state index is 0.0394. The lowest BCUT2D eigenvalue weighted by Gasteiger charge is -2.03. The van der Waals surface area contributed by atoms with E-state index in [1.807, 2.05) is 18.2 Å². The molecule has 0 saturated heterocycles. The highest BCUT2D eigenvalue weighted by Crippen LogP contribution is 2.37. The third-order valence-electron chi connectivity index (χ3n) is 2.37. The summed E-state index contributed by atoms with van der Waals surface area (Å²) in [5.74, 6) is 0. The van der Waals surface area contributed by atoms with E-state index in [-0.39, 0.29) is 6.04 Å². The molecule has 1 atom stereocenters. The second kappa shape index (κ2) is 3.40. The van der Waals surface area contributed by atoms with Gasteiger partial charge >= 0.3 is 0 Å². The van der Waals surface area contributed by atoms with Crippen molar-refractivity contribution < 1.29 is 0 Å². The van der Waals surface area contributed by atoms with Crippen molar-refractivity contribution in [1.29, 1.82) is 0 Å². The molecule has 0 spiro atoms. The third kappa shape index (κ3) is 1.43. The van der Waals surface area contributed by atoms with Crippen molar-refractivity contribution in [1.82, 2.24) is 0 Å². The van der Waals surface area contributed by atoms with Gasteiger partial charge in [-0.3, -0.25) is 0 Å². The molecule has 3 nitrogen and oxygen atoms in total. The number of rotatable bonds is 1. The summed E-state index contributed by atoms with van der Waals surface area (Å²) in [6, 6.07) is 6.08. The molecule has 4 heteroatoms. The summed E-state index contributed by atoms with van der Waals surface area (Å²) in [6.45, 7) is 0. The minimum Gasteiger partial charge on any atom is -0.0859 e. The van der Waals surface area contributed by atoms with Crippen LogP contribution in [0.15, 0.2) is 27.8 Å². The van der Waals surface area contributed by atoms with Crippen molar-refractivity contribution >= 4 is 15.9 Å². The summed E-state index contributed by atoms with van der Waals surface area (Å²) in [5.41, 5.74) is 10.8. The van der Waals surface area contributed by atoms with Gasteiger partial charge in [0.2, 0.25) is 0 Å². The maximum atomic E-state index is 8.37. The van der Waals surface area contributed by atoms with E-state index in [9.17, 15) is 0 Å². The summed E-state index contributed by atoms with van der Waals surface area (Å²) in [5, 5.41) is 3.77. The molecule has 0 N–H and O–H groups in total. The zero-order valence-electron chi connectivity index (χ0n) is 6.94. The van der Waals surface area contributed by atoms with E-state index in [1.54, 1.807) is 0 Å². The highest BCUT2D eigenvalue weighted by Gasteiger charge is 2.22. The van der Waals surface area contributed by atoms with Gasteiger partial charge in [0.15, 0.2) is 0 Å². The van der Waals surface area contributed by atoms with Gasteiger partial charge < -0.3 is 0 Å². The van der Waals surface area contributed by atoms with Crippen molar-refractivity contribution in [2.75, 3.05) is 0 Å². The molecule has 0 unspecified atom stereocenters. The van der Waals surface area contributed by atoms with Gasteiger partial charge in [-0.15, -0.1) is 0 Å². The van der Waals surface area contributed by atoms with E-state index in [2.05, 4.69) is 26.0 Å². The minimum absolute atomic E-state index is 0.0394. The smallest absolute Gasteiger partial charge is 0.0631 e. The van der Waals surface area contributed by atoms with Crippen molar-refractivity contribution in [3.8, 4) is 0 Å². The first-order valence-corrected chi connectivity index (χ1v) is 4.93. The van der Waals surface area contributed by atoms with E-state index >= 15 is 0 Å². The van der Waals surface area contributed by atoms with Crippen molar-refractivity contribution in [2.45, 2.75) is 18.9 Å². The zero-order chi connectivity index (χ0) is 9.26. The SMILES string of the molecule is [N-]=[N+]=N[C@@H]1CCc2c(Br)cccc21. The Morgan fingerprint density at radius 2 is 2.38 bits per heavy atom. The quantitative estimate of drug-likeness (QED) is 0.406. The first-order valence-electron chi connectivity index (χ1n) is 4.14. The maximum Gasteiger partial charge on any atom is 0.0631 e. The van der Waals surface area contributed by atoms with E-state index < -0.39 is 0 Å². The van der Waals surface area contributed by atoms with Crippen LogP contribution in [0.3, 0.4) is 0 Å². The summed E-state index contributed by atoms with van der Waals surface area (Å²) < 4.78 is 1.13. The number of fused-ring (bicyclic) bond motifs is 1. The predicted octanol–water partition coefficient (Wildman–Crippen LogP) is 3.75. The van der Waals surface area contributed by atoms with Crippen LogP contribution in [0.25, 0.3) is 10.4 Å². The molecule has 2 rings (SSSR count). The van der Waals surface area contributed by atoms with E-state index in [1.165, 1.54) is 11.1 Å². The largest absolute Gasteiger partial charge is 0.0859 e. The fourth-order valence-electron chi connectivity index (χ4n) is 1.77. The molecule has 0 aromatic heterocycles. The summed E-state index contributed by atoms with van der Waals surface area (Å²) in [4.78, 5) is 2.86. The summed E-state index contributed by atoms with van der Waals surface area (Å²) in [6.07, 6.45) is 1.93. The number of benzene rings is 1. The Labute approximate surface area is 84.5 Å². The average Bonchev–Trinajstić information content (AvgIpc) is 2.51. The van der Waals surface area contributed by atoms with Gasteiger partial charge in [0.1, 0.15) is 0 Å². The number of azide groups is 1. The molecule has 0 heterocycles. The Morgan fingerprint density at radius 3 is 3.15 bits per heavy atom. The molecule has 0 aliphatic heterocycles. The molecular weight excluding hydrogens is 230 g/mol. The molecule has 0 radical (unpaired) electrons. The topological polar surface area (TPSA) is 48.8 Å². The normalized spacial score (nSPS) is 19.3. The van der Waals surface area contributed by atoms with Crippen LogP contribution in [0, 0.1) is 0 Å². The summed E-state index contributed by atoms with van der Waals surface area (Å²) >= 11 is 3.49. The Morgan fingerprint density at radius 1 is 1.54 bits per heavy atom. The van der Waals surface area contributed by atoms with Crippen LogP contribution in [0.2, 0.25) is 0 Å². The predicted molar refractivity (Wildman–Crippen MR) is 54.4 cm³/mol. The lowest BCUT2D eigenvalue weighted by molar-refractivity contribution is 0.707. The first kappa shape index (κ1) is 8.60. The summed E-state index contributed by atoms with van der Waals surface area (Å²) in [7, 11) is 0. The standard InChI is InChI=1S/C9H8BrN3/c10-8-3-1-2-7-6(8)4-5-9(7)12-13-11/h1-3,9H,4-5H2/t9-/m1/s1. The van der Waals surface area contributed by atoms with Crippen molar-refractivity contribution in [3.05, 3.63) is 44.2 Å². The highest BCUT2D eigenvalue weighted by molar-refractivity contribution is 9.10. The Hall–Kier alpha value is -0.990. The molecule has 1 aliphatic carbocycles. The highest BCUT2D eigenvalue weighted by atomic mass is 79.9. The second-order valence-corrected chi connectivity index (χ2v) is 3.92. The molecular formula is C9H8BrN3. The number of hydrogen-bond acceptors (Lipinski definition) is 1. The average molecular weight is 238 g/mol. The molecule has 1 aliphatic rings. The fraction of sp³-hybridized carbons (Fsp3) is 0.333. The lowest BCUT2D eigenvalue weighted by Crippen LogP contribution is -1.87. The molecule has 66 valence electrons. The molecule has 0 bridgehead atoms. The monoisotopic (exact) mass is 237 g/mol. The van der Waals surface area contributed by atoms with Gasteiger partial charge in [0, 0.05) is 9.38 Å². The van der Waals surface area contributed by atoms with Gasteiger partial charge in [-0.1, -0.05) is 33.2 Å². The van der Waals surface area contributed by atoms with Gasteiger partial charge in [0.05, 0.1) is 6.04 Å². The number of hydrogen-bond donors (Lipinski definition) is 0. The Balaban J connectivity index is 2.48. The van der Waals surface area contributed by atoms with Gasteiger partial charge in [-0.25, -0.2) is 0 Å². The fourth-order valence-corrected chi connectivity index (χ4v) is 2.35. The number of nitrogens with zero attached hydrogens (tertiary/aromatic N) is 3. The van der Waals surface area contributed by atoms with Crippen LogP contribution < -0.4 is 0 Å². The van der Waals surface area contributed by atoms with Crippen molar-refractivity contribution in [3.63, 3.8) is 0 Å². The van der Waals surface area contributed by atoms with Crippen LogP contribution in [-0.4, -0.2) is 0 Å². The van der Waals surface area contributed by atoms with Crippen LogP contribution >= 0.6 is 15.9 Å². The molecule has 1 aromatic carbocycles. The van der Waals surface area contributed by atoms with E-state index in [4.69, 9.17) is 5.53 Å². The maximum absolute atomic E-state index is 8.37. The third-order valence-corrected chi connectivity index (χ3v) is 3.12. The van der Waals surface area contributed by atoms with Crippen LogP contribution in [0.4, 0.5) is 0 Å². The Bertz CT molecular complexity index is 382. The molecule has 0 fully saturated rings. The van der Waals surface area contributed by atoms with E-state index in [0.29, 0.717) is 0 Å². The molecule has 0 saturated carbocycles. The Kier molecular flexibility index (Phi) is 2.25. The molecule has 0 amide bonds. The lowest BCUT2D eigenvalue weighted by atomic mass is 10.1. The molecule has 13 heavy (non-hydrogen) atoms. The first-order chi connectivity index (χ1) is 6.33.